The second-order valence-corrected chi connectivity index (χ2v) is 13.4. The first-order valence-electron chi connectivity index (χ1n) is 17.3. The lowest BCUT2D eigenvalue weighted by atomic mass is 9.90. The van der Waals surface area contributed by atoms with Crippen LogP contribution in [0.25, 0.3) is 44.9 Å². The lowest BCUT2D eigenvalue weighted by molar-refractivity contribution is -0.147. The highest BCUT2D eigenvalue weighted by Crippen LogP contribution is 2.38. The Labute approximate surface area is 295 Å². The number of hydrogen-bond donors (Lipinski definition) is 1. The Bertz CT molecular complexity index is 2060. The van der Waals surface area contributed by atoms with Crippen LogP contribution in [0.4, 0.5) is 8.78 Å². The summed E-state index contributed by atoms with van der Waals surface area (Å²) in [7, 11) is 1.63. The maximum atomic E-state index is 13.4. The zero-order chi connectivity index (χ0) is 35.6. The second kappa shape index (κ2) is 14.7. The number of oxazole rings is 1. The van der Waals surface area contributed by atoms with Crippen molar-refractivity contribution in [3.63, 3.8) is 0 Å². The Morgan fingerprint density at radius 1 is 1.04 bits per heavy atom. The number of hydrogen-bond acceptors (Lipinski definition) is 10. The van der Waals surface area contributed by atoms with Gasteiger partial charge in [-0.25, -0.2) is 9.97 Å². The van der Waals surface area contributed by atoms with Crippen molar-refractivity contribution < 1.29 is 32.2 Å². The van der Waals surface area contributed by atoms with Gasteiger partial charge in [0.15, 0.2) is 5.58 Å². The van der Waals surface area contributed by atoms with Crippen molar-refractivity contribution >= 4 is 17.1 Å². The number of halogens is 2. The van der Waals surface area contributed by atoms with E-state index in [0.29, 0.717) is 36.2 Å². The number of ether oxygens (including phenoxy) is 3. The van der Waals surface area contributed by atoms with Crippen molar-refractivity contribution in [3.8, 4) is 45.5 Å². The molecular formula is C39H41F2N5O5. The van der Waals surface area contributed by atoms with Crippen LogP contribution in [-0.2, 0) is 22.7 Å². The van der Waals surface area contributed by atoms with Crippen molar-refractivity contribution in [1.29, 1.82) is 0 Å². The smallest absolute Gasteiger partial charge is 0.387 e. The van der Waals surface area contributed by atoms with Crippen molar-refractivity contribution in [1.82, 2.24) is 25.2 Å². The summed E-state index contributed by atoms with van der Waals surface area (Å²) < 4.78 is 48.9. The number of esters is 1. The van der Waals surface area contributed by atoms with Crippen LogP contribution in [0.5, 0.6) is 11.6 Å². The average molecular weight is 698 g/mol. The van der Waals surface area contributed by atoms with Crippen LogP contribution < -0.4 is 14.8 Å². The van der Waals surface area contributed by atoms with E-state index in [1.165, 1.54) is 12.5 Å². The van der Waals surface area contributed by atoms with Crippen molar-refractivity contribution in [2.75, 3.05) is 26.7 Å². The molecule has 10 nitrogen and oxygen atoms in total. The normalized spacial score (nSPS) is 17.8. The fraction of sp³-hybridized carbons (Fsp3) is 0.385. The number of nitrogens with one attached hydrogen (secondary N) is 1. The molecule has 12 heteroatoms. The van der Waals surface area contributed by atoms with Crippen molar-refractivity contribution in [3.05, 3.63) is 77.1 Å². The number of fused-ring (bicyclic) bond motifs is 1. The van der Waals surface area contributed by atoms with Crippen LogP contribution >= 0.6 is 0 Å². The predicted molar refractivity (Wildman–Crippen MR) is 188 cm³/mol. The molecule has 3 aromatic carbocycles. The molecular weight excluding hydrogens is 656 g/mol. The summed E-state index contributed by atoms with van der Waals surface area (Å²) in [5.41, 5.74) is 8.12. The zero-order valence-corrected chi connectivity index (χ0v) is 29.2. The Balaban J connectivity index is 1.18. The standard InChI is InChI=1S/C39H41F2N5O5/c1-22-13-15-46(19-22)20-33-37(48-4)45-32(18-43-33)28-10-5-8-26(23(28)2)27-9-6-11-29(24(27)3)36-44-31-16-25(21-49-38(47)30-12-7-14-42-30)34(51-39(40)41)17-35(31)50-36/h5-6,8-11,16-18,22,30,39,42H,7,12-15,19-21H2,1-4H3/t22?,30-/m0/s1. The number of aromatic nitrogens is 3. The molecule has 0 amide bonds. The third kappa shape index (κ3) is 7.29. The van der Waals surface area contributed by atoms with E-state index >= 15 is 0 Å². The van der Waals surface area contributed by atoms with Crippen LogP contribution in [0.15, 0.2) is 59.1 Å². The Hall–Kier alpha value is -4.94. The monoisotopic (exact) mass is 697 g/mol. The predicted octanol–water partition coefficient (Wildman–Crippen LogP) is 7.48. The quantitative estimate of drug-likeness (QED) is 0.140. The second-order valence-electron chi connectivity index (χ2n) is 13.4. The minimum absolute atomic E-state index is 0.135. The van der Waals surface area contributed by atoms with Gasteiger partial charge in [-0.1, -0.05) is 37.3 Å². The molecule has 2 saturated heterocycles. The van der Waals surface area contributed by atoms with Crippen molar-refractivity contribution in [2.45, 2.75) is 65.8 Å². The molecule has 0 aliphatic carbocycles. The molecule has 266 valence electrons. The average Bonchev–Trinajstić information content (AvgIpc) is 3.89. The van der Waals surface area contributed by atoms with E-state index in [9.17, 15) is 13.6 Å². The van der Waals surface area contributed by atoms with E-state index in [1.54, 1.807) is 13.2 Å². The number of carbonyl (C=O) groups is 1. The van der Waals surface area contributed by atoms with Gasteiger partial charge in [0.1, 0.15) is 29.6 Å². The van der Waals surface area contributed by atoms with Gasteiger partial charge in [-0.05, 0) is 86.5 Å². The summed E-state index contributed by atoms with van der Waals surface area (Å²) in [5.74, 6) is 0.958. The molecule has 2 aliphatic heterocycles. The molecule has 1 N–H and O–H groups in total. The third-order valence-electron chi connectivity index (χ3n) is 9.85. The number of likely N-dealkylation sites (tertiary alicyclic amines) is 1. The lowest BCUT2D eigenvalue weighted by Gasteiger charge is -2.18. The molecule has 2 aromatic heterocycles. The van der Waals surface area contributed by atoms with Crippen LogP contribution in [-0.4, -0.2) is 65.2 Å². The maximum absolute atomic E-state index is 13.4. The highest BCUT2D eigenvalue weighted by Gasteiger charge is 2.25. The summed E-state index contributed by atoms with van der Waals surface area (Å²) in [6, 6.07) is 14.5. The first kappa shape index (κ1) is 34.5. The Morgan fingerprint density at radius 2 is 1.78 bits per heavy atom. The molecule has 0 saturated carbocycles. The SMILES string of the molecule is COc1nc(-c2cccc(-c3cccc(-c4nc5cc(COC(=O)[C@@H]6CCCN6)c(OC(F)F)cc5o4)c3C)c2C)cnc1CN1CCC(C)C1. The van der Waals surface area contributed by atoms with Gasteiger partial charge in [0.2, 0.25) is 11.8 Å². The summed E-state index contributed by atoms with van der Waals surface area (Å²) in [4.78, 5) is 29.3. The fourth-order valence-electron chi connectivity index (χ4n) is 7.11. The van der Waals surface area contributed by atoms with Gasteiger partial charge < -0.3 is 23.9 Å². The third-order valence-corrected chi connectivity index (χ3v) is 9.85. The molecule has 2 aliphatic rings. The molecule has 1 unspecified atom stereocenters. The first-order chi connectivity index (χ1) is 24.7. The molecule has 0 spiro atoms. The molecule has 2 atom stereocenters. The minimum atomic E-state index is -3.07. The molecule has 4 heterocycles. The van der Waals surface area contributed by atoms with Gasteiger partial charge in [-0.2, -0.15) is 8.78 Å². The molecule has 7 rings (SSSR count). The van der Waals surface area contributed by atoms with E-state index in [1.807, 2.05) is 43.5 Å². The van der Waals surface area contributed by atoms with E-state index < -0.39 is 18.6 Å². The van der Waals surface area contributed by atoms with Gasteiger partial charge in [0.05, 0.1) is 19.0 Å². The van der Waals surface area contributed by atoms with Gasteiger partial charge in [0, 0.05) is 35.8 Å². The van der Waals surface area contributed by atoms with E-state index in [4.69, 9.17) is 33.6 Å². The number of nitrogens with zero attached hydrogens (tertiary/aromatic N) is 4. The molecule has 0 radical (unpaired) electrons. The van der Waals surface area contributed by atoms with Gasteiger partial charge in [-0.15, -0.1) is 0 Å². The lowest BCUT2D eigenvalue weighted by Crippen LogP contribution is -2.32. The topological polar surface area (TPSA) is 112 Å². The number of rotatable bonds is 11. The molecule has 5 aromatic rings. The summed E-state index contributed by atoms with van der Waals surface area (Å²) in [5, 5.41) is 3.08. The van der Waals surface area contributed by atoms with Crippen LogP contribution in [0.3, 0.4) is 0 Å². The van der Waals surface area contributed by atoms with Gasteiger partial charge in [0.25, 0.3) is 0 Å². The fourth-order valence-corrected chi connectivity index (χ4v) is 7.11. The molecule has 51 heavy (non-hydrogen) atoms. The van der Waals surface area contributed by atoms with E-state index in [0.717, 1.165) is 70.8 Å². The largest absolute Gasteiger partial charge is 0.480 e. The summed E-state index contributed by atoms with van der Waals surface area (Å²) >= 11 is 0. The molecule has 2 fully saturated rings. The number of methoxy groups -OCH3 is 1. The minimum Gasteiger partial charge on any atom is -0.480 e. The summed E-state index contributed by atoms with van der Waals surface area (Å²) in [6.45, 7) is 6.53. The van der Waals surface area contributed by atoms with Crippen LogP contribution in [0.1, 0.15) is 48.6 Å². The summed E-state index contributed by atoms with van der Waals surface area (Å²) in [6.07, 6.45) is 4.54. The van der Waals surface area contributed by atoms with Crippen LogP contribution in [0, 0.1) is 19.8 Å². The van der Waals surface area contributed by atoms with E-state index in [-0.39, 0.29) is 23.5 Å². The number of carbonyl (C=O) groups excluding carboxylic acids is 1. The van der Waals surface area contributed by atoms with Crippen LogP contribution in [0.2, 0.25) is 0 Å². The van der Waals surface area contributed by atoms with Gasteiger partial charge in [-0.3, -0.25) is 14.7 Å². The Kier molecular flexibility index (Phi) is 9.97. The number of benzene rings is 3. The Morgan fingerprint density at radius 3 is 2.47 bits per heavy atom. The highest BCUT2D eigenvalue weighted by molar-refractivity contribution is 5.84. The van der Waals surface area contributed by atoms with Crippen molar-refractivity contribution in [2.24, 2.45) is 5.92 Å². The molecule has 0 bridgehead atoms. The van der Waals surface area contributed by atoms with Gasteiger partial charge >= 0.3 is 12.6 Å². The first-order valence-corrected chi connectivity index (χ1v) is 17.3. The highest BCUT2D eigenvalue weighted by atomic mass is 19.3. The maximum Gasteiger partial charge on any atom is 0.387 e. The zero-order valence-electron chi connectivity index (χ0n) is 29.2. The number of alkyl halides is 2. The van der Waals surface area contributed by atoms with E-state index in [2.05, 4.69) is 30.1 Å².